The molecule has 0 aliphatic heterocycles. The smallest absolute Gasteiger partial charge is 0.314 e. The van der Waals surface area contributed by atoms with Crippen LogP contribution in [0.3, 0.4) is 0 Å². The van der Waals surface area contributed by atoms with Crippen LogP contribution >= 0.6 is 0 Å². The number of alkyl halides is 3. The molecule has 0 spiro atoms. The maximum Gasteiger partial charge on any atom is 0.389 e. The van der Waals surface area contributed by atoms with E-state index in [-0.39, 0.29) is 6.42 Å². The van der Waals surface area contributed by atoms with E-state index in [1.807, 2.05) is 0 Å². The fraction of sp³-hybridized carbons (Fsp3) is 0.312. The van der Waals surface area contributed by atoms with E-state index in [2.05, 4.69) is 104 Å². The average Bonchev–Trinajstić information content (AvgIpc) is 3.27. The summed E-state index contributed by atoms with van der Waals surface area (Å²) >= 11 is 0. The van der Waals surface area contributed by atoms with Gasteiger partial charge >= 0.3 is 6.18 Å². The summed E-state index contributed by atoms with van der Waals surface area (Å²) in [6, 6.07) is 23.6. The Balaban J connectivity index is 1.62. The predicted molar refractivity (Wildman–Crippen MR) is 147 cm³/mol. The summed E-state index contributed by atoms with van der Waals surface area (Å²) in [5, 5.41) is 2.47. The second kappa shape index (κ2) is 9.77. The monoisotopic (exact) mass is 502 g/mol. The minimum absolute atomic E-state index is 0.178. The highest BCUT2D eigenvalue weighted by molar-refractivity contribution is 5.88. The molecule has 5 aromatic rings. The van der Waals surface area contributed by atoms with Gasteiger partial charge in [0.15, 0.2) is 0 Å². The molecule has 0 bridgehead atoms. The second-order valence-electron chi connectivity index (χ2n) is 10.2. The lowest BCUT2D eigenvalue weighted by atomic mass is 10.0. The Hall–Kier alpha value is -3.47. The van der Waals surface area contributed by atoms with Crippen molar-refractivity contribution in [2.24, 2.45) is 0 Å². The van der Waals surface area contributed by atoms with Gasteiger partial charge in [-0.3, -0.25) is 0 Å². The van der Waals surface area contributed by atoms with Crippen LogP contribution in [0.4, 0.5) is 13.2 Å². The number of benzene rings is 3. The fourth-order valence-electron chi connectivity index (χ4n) is 5.61. The van der Waals surface area contributed by atoms with Crippen LogP contribution in [-0.4, -0.2) is 15.3 Å². The van der Waals surface area contributed by atoms with Gasteiger partial charge in [-0.05, 0) is 94.0 Å². The number of aromatic nitrogens is 2. The molecule has 192 valence electrons. The van der Waals surface area contributed by atoms with Crippen molar-refractivity contribution < 1.29 is 13.2 Å². The van der Waals surface area contributed by atoms with Gasteiger partial charge in [-0.2, -0.15) is 13.2 Å². The van der Waals surface area contributed by atoms with E-state index in [0.717, 1.165) is 40.8 Å². The van der Waals surface area contributed by atoms with E-state index in [4.69, 9.17) is 0 Å². The van der Waals surface area contributed by atoms with Crippen molar-refractivity contribution in [3.8, 4) is 11.4 Å². The van der Waals surface area contributed by atoms with Crippen molar-refractivity contribution in [3.63, 3.8) is 0 Å². The van der Waals surface area contributed by atoms with Gasteiger partial charge in [-0.15, -0.1) is 0 Å². The average molecular weight is 503 g/mol. The fourth-order valence-corrected chi connectivity index (χ4v) is 5.61. The number of unbranched alkanes of at least 4 members (excludes halogenated alkanes) is 2. The Bertz CT molecular complexity index is 1480. The molecule has 2 nitrogen and oxygen atoms in total. The summed E-state index contributed by atoms with van der Waals surface area (Å²) in [7, 11) is 0. The highest BCUT2D eigenvalue weighted by Gasteiger charge is 2.25. The Kier molecular flexibility index (Phi) is 6.65. The van der Waals surface area contributed by atoms with Gasteiger partial charge in [0.1, 0.15) is 0 Å². The number of hydrogen-bond donors (Lipinski definition) is 0. The first kappa shape index (κ1) is 25.2. The van der Waals surface area contributed by atoms with Gasteiger partial charge in [0.05, 0.1) is 11.0 Å². The third kappa shape index (κ3) is 4.79. The number of fused-ring (bicyclic) bond motifs is 2. The maximum atomic E-state index is 12.6. The van der Waals surface area contributed by atoms with Crippen molar-refractivity contribution in [2.45, 2.75) is 66.0 Å². The van der Waals surface area contributed by atoms with Gasteiger partial charge in [0.25, 0.3) is 0 Å². The summed E-state index contributed by atoms with van der Waals surface area (Å²) in [4.78, 5) is 0. The molecular formula is C32H33F3N2. The molecule has 0 saturated heterocycles. The standard InChI is InChI=1S/C32H33F3N2/c1-21-23(3)36(30-15-9-7-13-28(21)30)26-18-25(12-6-5-11-17-32(33,34)35)19-27(20-26)37-24(4)22(2)29-14-8-10-16-31(29)37/h7-10,13-16,18-20H,5-6,11-12,17H2,1-4H3. The summed E-state index contributed by atoms with van der Waals surface area (Å²) in [6.45, 7) is 8.62. The molecule has 2 aromatic heterocycles. The molecule has 2 heterocycles. The predicted octanol–water partition coefficient (Wildman–Crippen LogP) is 9.47. The maximum absolute atomic E-state index is 12.6. The van der Waals surface area contributed by atoms with Crippen LogP contribution in [0.1, 0.15) is 53.8 Å². The Morgan fingerprint density at radius 3 is 1.59 bits per heavy atom. The van der Waals surface area contributed by atoms with Gasteiger partial charge in [-0.25, -0.2) is 0 Å². The van der Waals surface area contributed by atoms with Crippen molar-refractivity contribution in [1.82, 2.24) is 9.13 Å². The molecule has 5 heteroatoms. The van der Waals surface area contributed by atoms with Crippen molar-refractivity contribution >= 4 is 21.8 Å². The lowest BCUT2D eigenvalue weighted by Gasteiger charge is -2.16. The number of hydrogen-bond acceptors (Lipinski definition) is 0. The molecule has 0 unspecified atom stereocenters. The number of aryl methyl sites for hydroxylation is 3. The Labute approximate surface area is 216 Å². The zero-order valence-electron chi connectivity index (χ0n) is 21.9. The molecule has 0 amide bonds. The SMILES string of the molecule is Cc1c(C)n(-c2cc(CCCCCC(F)(F)F)cc(-n3c(C)c(C)c4ccccc43)c2)c2ccccc12. The Morgan fingerprint density at radius 1 is 0.622 bits per heavy atom. The molecule has 0 fully saturated rings. The third-order valence-electron chi connectivity index (χ3n) is 7.76. The van der Waals surface area contributed by atoms with Gasteiger partial charge < -0.3 is 9.13 Å². The van der Waals surface area contributed by atoms with E-state index in [9.17, 15) is 13.2 Å². The lowest BCUT2D eigenvalue weighted by Crippen LogP contribution is -2.06. The number of para-hydroxylation sites is 2. The largest absolute Gasteiger partial charge is 0.389 e. The quantitative estimate of drug-likeness (QED) is 0.196. The van der Waals surface area contributed by atoms with Crippen molar-refractivity contribution in [1.29, 1.82) is 0 Å². The molecule has 0 aliphatic rings. The van der Waals surface area contributed by atoms with Crippen LogP contribution in [0.15, 0.2) is 66.7 Å². The zero-order valence-corrected chi connectivity index (χ0v) is 21.9. The van der Waals surface area contributed by atoms with Gasteiger partial charge in [0, 0.05) is 40.0 Å². The summed E-state index contributed by atoms with van der Waals surface area (Å²) in [5.74, 6) is 0. The molecule has 0 radical (unpaired) electrons. The summed E-state index contributed by atoms with van der Waals surface area (Å²) in [6.07, 6.45) is -2.57. The highest BCUT2D eigenvalue weighted by atomic mass is 19.4. The number of halogens is 3. The molecular weight excluding hydrogens is 469 g/mol. The highest BCUT2D eigenvalue weighted by Crippen LogP contribution is 2.33. The minimum atomic E-state index is -4.08. The first-order valence-electron chi connectivity index (χ1n) is 13.0. The summed E-state index contributed by atoms with van der Waals surface area (Å²) < 4.78 is 42.5. The van der Waals surface area contributed by atoms with E-state index in [1.165, 1.54) is 33.3 Å². The first-order chi connectivity index (χ1) is 17.7. The number of nitrogens with zero attached hydrogens (tertiary/aromatic N) is 2. The van der Waals surface area contributed by atoms with E-state index >= 15 is 0 Å². The normalized spacial score (nSPS) is 12.2. The van der Waals surface area contributed by atoms with Crippen LogP contribution < -0.4 is 0 Å². The molecule has 0 atom stereocenters. The molecule has 37 heavy (non-hydrogen) atoms. The van der Waals surface area contributed by atoms with Gasteiger partial charge in [-0.1, -0.05) is 42.8 Å². The molecule has 0 aliphatic carbocycles. The first-order valence-corrected chi connectivity index (χ1v) is 13.0. The van der Waals surface area contributed by atoms with E-state index in [1.54, 1.807) is 0 Å². The van der Waals surface area contributed by atoms with Crippen LogP contribution in [0, 0.1) is 27.7 Å². The second-order valence-corrected chi connectivity index (χ2v) is 10.2. The van der Waals surface area contributed by atoms with Crippen LogP contribution in [-0.2, 0) is 6.42 Å². The molecule has 5 rings (SSSR count). The number of rotatable bonds is 7. The van der Waals surface area contributed by atoms with E-state index < -0.39 is 12.6 Å². The van der Waals surface area contributed by atoms with Crippen molar-refractivity contribution in [2.75, 3.05) is 0 Å². The molecule has 3 aromatic carbocycles. The van der Waals surface area contributed by atoms with Crippen LogP contribution in [0.25, 0.3) is 33.2 Å². The van der Waals surface area contributed by atoms with Crippen molar-refractivity contribution in [3.05, 3.63) is 94.8 Å². The van der Waals surface area contributed by atoms with E-state index in [0.29, 0.717) is 6.42 Å². The molecule has 0 saturated carbocycles. The van der Waals surface area contributed by atoms with Crippen LogP contribution in [0.2, 0.25) is 0 Å². The zero-order chi connectivity index (χ0) is 26.3. The third-order valence-corrected chi connectivity index (χ3v) is 7.76. The molecule has 0 N–H and O–H groups in total. The van der Waals surface area contributed by atoms with Gasteiger partial charge in [0.2, 0.25) is 0 Å². The minimum Gasteiger partial charge on any atom is -0.314 e. The Morgan fingerprint density at radius 2 is 1.11 bits per heavy atom. The van der Waals surface area contributed by atoms with Crippen LogP contribution in [0.5, 0.6) is 0 Å². The lowest BCUT2D eigenvalue weighted by molar-refractivity contribution is -0.135. The summed E-state index contributed by atoms with van der Waals surface area (Å²) in [5.41, 5.74) is 10.5. The topological polar surface area (TPSA) is 9.86 Å².